The van der Waals surface area contributed by atoms with Crippen molar-refractivity contribution >= 4 is 29.0 Å². The third-order valence-corrected chi connectivity index (χ3v) is 5.05. The summed E-state index contributed by atoms with van der Waals surface area (Å²) in [4.78, 5) is 35.8. The van der Waals surface area contributed by atoms with Gasteiger partial charge in [0.05, 0.1) is 11.2 Å². The van der Waals surface area contributed by atoms with Gasteiger partial charge in [0.1, 0.15) is 6.04 Å². The number of fused-ring (bicyclic) bond motifs is 1. The van der Waals surface area contributed by atoms with E-state index >= 15 is 0 Å². The summed E-state index contributed by atoms with van der Waals surface area (Å²) in [5.41, 5.74) is 2.46. The second kappa shape index (κ2) is 5.75. The summed E-state index contributed by atoms with van der Waals surface area (Å²) in [7, 11) is 0. The summed E-state index contributed by atoms with van der Waals surface area (Å²) < 4.78 is 0. The molecule has 2 aliphatic rings. The maximum Gasteiger partial charge on any atom is 0.332 e. The van der Waals surface area contributed by atoms with Gasteiger partial charge in [0.25, 0.3) is 5.91 Å². The summed E-state index contributed by atoms with van der Waals surface area (Å²) >= 11 is 1.61. The largest absolute Gasteiger partial charge is 0.332 e. The fourth-order valence-corrected chi connectivity index (χ4v) is 3.79. The van der Waals surface area contributed by atoms with Gasteiger partial charge in [-0.05, 0) is 12.1 Å². The van der Waals surface area contributed by atoms with Crippen LogP contribution in [0, 0.1) is 0 Å². The van der Waals surface area contributed by atoms with Gasteiger partial charge in [-0.1, -0.05) is 18.2 Å². The Kier molecular flexibility index (Phi) is 3.59. The molecule has 3 amide bonds. The molecule has 1 atom stereocenters. The van der Waals surface area contributed by atoms with E-state index in [0.29, 0.717) is 18.8 Å². The molecule has 118 valence electrons. The number of thiazole rings is 1. The molecular formula is C16H16N4O2S. The van der Waals surface area contributed by atoms with Crippen LogP contribution in [-0.4, -0.2) is 52.4 Å². The molecule has 2 fully saturated rings. The molecule has 1 aromatic heterocycles. The van der Waals surface area contributed by atoms with Gasteiger partial charge in [-0.3, -0.25) is 14.7 Å². The number of urea groups is 1. The van der Waals surface area contributed by atoms with E-state index in [9.17, 15) is 9.59 Å². The van der Waals surface area contributed by atoms with Crippen molar-refractivity contribution in [2.45, 2.75) is 12.6 Å². The molecule has 0 unspecified atom stereocenters. The Labute approximate surface area is 137 Å². The minimum absolute atomic E-state index is 0.129. The molecule has 0 bridgehead atoms. The van der Waals surface area contributed by atoms with E-state index in [1.54, 1.807) is 28.4 Å². The van der Waals surface area contributed by atoms with Gasteiger partial charge < -0.3 is 4.90 Å². The van der Waals surface area contributed by atoms with Crippen molar-refractivity contribution in [1.29, 1.82) is 0 Å². The summed E-state index contributed by atoms with van der Waals surface area (Å²) in [5, 5.41) is 0. The molecule has 0 saturated carbocycles. The number of imide groups is 1. The summed E-state index contributed by atoms with van der Waals surface area (Å²) in [6, 6.07) is 8.55. The molecule has 23 heavy (non-hydrogen) atoms. The van der Waals surface area contributed by atoms with Crippen molar-refractivity contribution in [1.82, 2.24) is 14.8 Å². The Hall–Kier alpha value is -2.25. The quantitative estimate of drug-likeness (QED) is 0.806. The number of aromatic nitrogens is 1. The minimum atomic E-state index is -0.385. The summed E-state index contributed by atoms with van der Waals surface area (Å²) in [5.74, 6) is -0.129. The highest BCUT2D eigenvalue weighted by atomic mass is 32.1. The number of para-hydroxylation sites is 1. The van der Waals surface area contributed by atoms with Crippen molar-refractivity contribution in [3.63, 3.8) is 0 Å². The number of piperazine rings is 1. The van der Waals surface area contributed by atoms with Crippen LogP contribution in [0.2, 0.25) is 0 Å². The van der Waals surface area contributed by atoms with Crippen LogP contribution in [0.5, 0.6) is 0 Å². The molecular weight excluding hydrogens is 312 g/mol. The van der Waals surface area contributed by atoms with Gasteiger partial charge in [-0.2, -0.15) is 0 Å². The number of rotatable bonds is 3. The highest BCUT2D eigenvalue weighted by Crippen LogP contribution is 2.28. The van der Waals surface area contributed by atoms with Crippen molar-refractivity contribution in [3.05, 3.63) is 46.9 Å². The first-order valence-electron chi connectivity index (χ1n) is 7.53. The fourth-order valence-electron chi connectivity index (χ4n) is 3.15. The van der Waals surface area contributed by atoms with Crippen LogP contribution in [0.4, 0.5) is 10.5 Å². The van der Waals surface area contributed by atoms with Gasteiger partial charge in [0.2, 0.25) is 0 Å². The summed E-state index contributed by atoms with van der Waals surface area (Å²) in [6.45, 7) is 2.71. The Morgan fingerprint density at radius 2 is 2.00 bits per heavy atom. The van der Waals surface area contributed by atoms with E-state index in [1.807, 2.05) is 29.9 Å². The average Bonchev–Trinajstić information content (AvgIpc) is 3.16. The zero-order valence-electron chi connectivity index (χ0n) is 12.5. The zero-order chi connectivity index (χ0) is 15.8. The van der Waals surface area contributed by atoms with Crippen LogP contribution in [0.15, 0.2) is 42.0 Å². The van der Waals surface area contributed by atoms with Crippen LogP contribution < -0.4 is 4.90 Å². The SMILES string of the molecule is O=C1[C@H]2CN(Cc3cncs3)CCN2C(=O)N1c1ccccc1. The molecule has 4 rings (SSSR count). The van der Waals surface area contributed by atoms with E-state index in [2.05, 4.69) is 9.88 Å². The highest BCUT2D eigenvalue weighted by Gasteiger charge is 2.48. The Balaban J connectivity index is 1.53. The van der Waals surface area contributed by atoms with Gasteiger partial charge in [0, 0.05) is 37.3 Å². The lowest BCUT2D eigenvalue weighted by atomic mass is 10.2. The summed E-state index contributed by atoms with van der Waals surface area (Å²) in [6.07, 6.45) is 1.86. The molecule has 7 heteroatoms. The van der Waals surface area contributed by atoms with Crippen LogP contribution in [-0.2, 0) is 11.3 Å². The standard InChI is InChI=1S/C16H16N4O2S/c21-15-14-10-18(9-13-8-17-11-23-13)6-7-19(14)16(22)20(15)12-4-2-1-3-5-12/h1-5,8,11,14H,6-7,9-10H2/t14-/m1/s1. The predicted octanol–water partition coefficient (Wildman–Crippen LogP) is 1.80. The van der Waals surface area contributed by atoms with Gasteiger partial charge >= 0.3 is 6.03 Å². The first-order chi connectivity index (χ1) is 11.2. The lowest BCUT2D eigenvalue weighted by molar-refractivity contribution is -0.121. The van der Waals surface area contributed by atoms with E-state index in [-0.39, 0.29) is 18.0 Å². The smallest absolute Gasteiger partial charge is 0.309 e. The number of hydrogen-bond donors (Lipinski definition) is 0. The van der Waals surface area contributed by atoms with Crippen molar-refractivity contribution < 1.29 is 9.59 Å². The van der Waals surface area contributed by atoms with Crippen molar-refractivity contribution in [3.8, 4) is 0 Å². The Bertz CT molecular complexity index is 719. The third kappa shape index (κ3) is 2.51. The van der Waals surface area contributed by atoms with Crippen molar-refractivity contribution in [2.75, 3.05) is 24.5 Å². The molecule has 2 saturated heterocycles. The van der Waals surface area contributed by atoms with Crippen LogP contribution >= 0.6 is 11.3 Å². The maximum absolute atomic E-state index is 12.7. The van der Waals surface area contributed by atoms with E-state index < -0.39 is 0 Å². The molecule has 0 radical (unpaired) electrons. The lowest BCUT2D eigenvalue weighted by Gasteiger charge is -2.34. The van der Waals surface area contributed by atoms with Gasteiger partial charge in [-0.15, -0.1) is 11.3 Å². The van der Waals surface area contributed by atoms with Gasteiger partial charge in [0.15, 0.2) is 0 Å². The number of carbonyl (C=O) groups excluding carboxylic acids is 2. The number of benzene rings is 1. The first kappa shape index (κ1) is 14.3. The predicted molar refractivity (Wildman–Crippen MR) is 87.2 cm³/mol. The zero-order valence-corrected chi connectivity index (χ0v) is 13.3. The van der Waals surface area contributed by atoms with Crippen LogP contribution in [0.3, 0.4) is 0 Å². The highest BCUT2D eigenvalue weighted by molar-refractivity contribution is 7.09. The van der Waals surface area contributed by atoms with E-state index in [1.165, 1.54) is 9.78 Å². The number of nitrogens with zero attached hydrogens (tertiary/aromatic N) is 4. The fraction of sp³-hybridized carbons (Fsp3) is 0.312. The molecule has 6 nitrogen and oxygen atoms in total. The van der Waals surface area contributed by atoms with Gasteiger partial charge in [-0.25, -0.2) is 9.69 Å². The molecule has 2 aromatic rings. The number of amides is 3. The second-order valence-electron chi connectivity index (χ2n) is 5.70. The average molecular weight is 328 g/mol. The molecule has 2 aliphatic heterocycles. The molecule has 1 aromatic carbocycles. The third-order valence-electron chi connectivity index (χ3n) is 4.28. The Morgan fingerprint density at radius 3 is 2.74 bits per heavy atom. The van der Waals surface area contributed by atoms with Crippen LogP contribution in [0.1, 0.15) is 4.88 Å². The lowest BCUT2D eigenvalue weighted by Crippen LogP contribution is -2.52. The molecule has 0 N–H and O–H groups in total. The second-order valence-corrected chi connectivity index (χ2v) is 6.67. The maximum atomic E-state index is 12.7. The number of hydrogen-bond acceptors (Lipinski definition) is 5. The first-order valence-corrected chi connectivity index (χ1v) is 8.41. The topological polar surface area (TPSA) is 56.8 Å². The number of carbonyl (C=O) groups is 2. The van der Waals surface area contributed by atoms with Crippen molar-refractivity contribution in [2.24, 2.45) is 0 Å². The monoisotopic (exact) mass is 328 g/mol. The number of anilines is 1. The minimum Gasteiger partial charge on any atom is -0.309 e. The van der Waals surface area contributed by atoms with E-state index in [0.717, 1.165) is 13.1 Å². The molecule has 0 spiro atoms. The molecule has 3 heterocycles. The Morgan fingerprint density at radius 1 is 1.17 bits per heavy atom. The molecule has 0 aliphatic carbocycles. The van der Waals surface area contributed by atoms with E-state index in [4.69, 9.17) is 0 Å². The normalized spacial score (nSPS) is 21.8. The van der Waals surface area contributed by atoms with Crippen LogP contribution in [0.25, 0.3) is 0 Å².